The number of H-pyrrole nitrogens is 1. The molecule has 0 bridgehead atoms. The molecule has 0 aliphatic heterocycles. The molecule has 0 saturated heterocycles. The average Bonchev–Trinajstić information content (AvgIpc) is 3.17. The third-order valence-electron chi connectivity index (χ3n) is 5.08. The standard InChI is InChI=1S/C22H22N6O3/c1-12(2)18(21-24-15-9-5-6-10-16(15)25-21)26-17(29)11-28-22(31)14-8-4-3-7-13(14)19(27-28)20(23)30/h3-10,12,18H,11H2,1-2H3,(H2,23,30)(H,24,25)(H,26,29). The first-order chi connectivity index (χ1) is 14.8. The molecule has 0 aliphatic carbocycles. The second-order valence-electron chi connectivity index (χ2n) is 7.65. The molecule has 1 unspecified atom stereocenters. The molecule has 0 fully saturated rings. The molecule has 9 nitrogen and oxygen atoms in total. The molecule has 2 aromatic carbocycles. The number of fused-ring (bicyclic) bond motifs is 2. The highest BCUT2D eigenvalue weighted by Gasteiger charge is 2.23. The van der Waals surface area contributed by atoms with Gasteiger partial charge in [0.15, 0.2) is 5.69 Å². The molecule has 0 aliphatic rings. The molecule has 31 heavy (non-hydrogen) atoms. The van der Waals surface area contributed by atoms with E-state index in [-0.39, 0.29) is 23.5 Å². The molecule has 4 N–H and O–H groups in total. The van der Waals surface area contributed by atoms with Gasteiger partial charge in [0.1, 0.15) is 12.4 Å². The lowest BCUT2D eigenvalue weighted by Gasteiger charge is -2.20. The first-order valence-electron chi connectivity index (χ1n) is 9.89. The second-order valence-corrected chi connectivity index (χ2v) is 7.65. The van der Waals surface area contributed by atoms with Gasteiger partial charge in [-0.1, -0.05) is 44.2 Å². The topological polar surface area (TPSA) is 136 Å². The van der Waals surface area contributed by atoms with Gasteiger partial charge in [0.05, 0.1) is 22.5 Å². The number of nitrogens with one attached hydrogen (secondary N) is 2. The molecule has 2 aromatic heterocycles. The van der Waals surface area contributed by atoms with Crippen LogP contribution < -0.4 is 16.6 Å². The van der Waals surface area contributed by atoms with Crippen LogP contribution in [-0.4, -0.2) is 31.6 Å². The zero-order valence-electron chi connectivity index (χ0n) is 17.1. The highest BCUT2D eigenvalue weighted by Crippen LogP contribution is 2.22. The quantitative estimate of drug-likeness (QED) is 0.439. The molecule has 4 aromatic rings. The lowest BCUT2D eigenvalue weighted by Crippen LogP contribution is -2.38. The van der Waals surface area contributed by atoms with Crippen LogP contribution in [0.1, 0.15) is 36.2 Å². The molecule has 2 heterocycles. The van der Waals surface area contributed by atoms with E-state index in [1.807, 2.05) is 38.1 Å². The number of amides is 2. The number of nitrogens with two attached hydrogens (primary N) is 1. The zero-order valence-corrected chi connectivity index (χ0v) is 17.1. The number of aromatic nitrogens is 4. The van der Waals surface area contributed by atoms with Crippen molar-refractivity contribution in [3.05, 3.63) is 70.4 Å². The average molecular weight is 418 g/mol. The van der Waals surface area contributed by atoms with Crippen molar-refractivity contribution in [1.82, 2.24) is 25.1 Å². The summed E-state index contributed by atoms with van der Waals surface area (Å²) in [5.74, 6) is -0.541. The van der Waals surface area contributed by atoms with Crippen LogP contribution in [0, 0.1) is 5.92 Å². The number of benzene rings is 2. The van der Waals surface area contributed by atoms with Gasteiger partial charge < -0.3 is 16.0 Å². The number of hydrogen-bond donors (Lipinski definition) is 3. The summed E-state index contributed by atoms with van der Waals surface area (Å²) in [4.78, 5) is 45.3. The predicted octanol–water partition coefficient (Wildman–Crippen LogP) is 1.89. The number of carbonyl (C=O) groups excluding carboxylic acids is 2. The maximum Gasteiger partial charge on any atom is 0.275 e. The molecular formula is C22H22N6O3. The minimum atomic E-state index is -0.771. The van der Waals surface area contributed by atoms with E-state index in [1.54, 1.807) is 24.3 Å². The van der Waals surface area contributed by atoms with Crippen LogP contribution in [-0.2, 0) is 11.3 Å². The number of primary amides is 1. The van der Waals surface area contributed by atoms with E-state index in [4.69, 9.17) is 5.73 Å². The molecular weight excluding hydrogens is 396 g/mol. The maximum atomic E-state index is 12.8. The Bertz CT molecular complexity index is 1320. The first-order valence-corrected chi connectivity index (χ1v) is 9.89. The Morgan fingerprint density at radius 2 is 1.77 bits per heavy atom. The lowest BCUT2D eigenvalue weighted by molar-refractivity contribution is -0.123. The van der Waals surface area contributed by atoms with E-state index >= 15 is 0 Å². The highest BCUT2D eigenvalue weighted by atomic mass is 16.2. The molecule has 0 spiro atoms. The van der Waals surface area contributed by atoms with E-state index in [9.17, 15) is 14.4 Å². The summed E-state index contributed by atoms with van der Waals surface area (Å²) in [5.41, 5.74) is 6.58. The monoisotopic (exact) mass is 418 g/mol. The van der Waals surface area contributed by atoms with Crippen LogP contribution in [0.15, 0.2) is 53.3 Å². The summed E-state index contributed by atoms with van der Waals surface area (Å²) in [6.07, 6.45) is 0. The molecule has 0 radical (unpaired) electrons. The SMILES string of the molecule is CC(C)C(NC(=O)Cn1nc(C(N)=O)c2ccccc2c1=O)c1nc2ccccc2[nH]1. The van der Waals surface area contributed by atoms with Crippen molar-refractivity contribution in [3.63, 3.8) is 0 Å². The van der Waals surface area contributed by atoms with E-state index in [1.165, 1.54) is 0 Å². The van der Waals surface area contributed by atoms with Crippen molar-refractivity contribution in [2.24, 2.45) is 11.7 Å². The fraction of sp³-hybridized carbons (Fsp3) is 0.227. The Kier molecular flexibility index (Phi) is 5.24. The fourth-order valence-electron chi connectivity index (χ4n) is 3.55. The number of nitrogens with zero attached hydrogens (tertiary/aromatic N) is 3. The van der Waals surface area contributed by atoms with Gasteiger partial charge in [-0.3, -0.25) is 14.4 Å². The first kappa shape index (κ1) is 20.3. The van der Waals surface area contributed by atoms with Crippen LogP contribution >= 0.6 is 0 Å². The van der Waals surface area contributed by atoms with Crippen molar-refractivity contribution in [1.29, 1.82) is 0 Å². The van der Waals surface area contributed by atoms with Crippen molar-refractivity contribution in [3.8, 4) is 0 Å². The largest absolute Gasteiger partial charge is 0.364 e. The lowest BCUT2D eigenvalue weighted by atomic mass is 10.0. The van der Waals surface area contributed by atoms with Gasteiger partial charge in [0.2, 0.25) is 5.91 Å². The van der Waals surface area contributed by atoms with Gasteiger partial charge in [0.25, 0.3) is 11.5 Å². The maximum absolute atomic E-state index is 12.8. The molecule has 0 saturated carbocycles. The summed E-state index contributed by atoms with van der Waals surface area (Å²) in [6.45, 7) is 3.57. The van der Waals surface area contributed by atoms with E-state index in [2.05, 4.69) is 20.4 Å². The van der Waals surface area contributed by atoms with Gasteiger partial charge in [0, 0.05) is 5.39 Å². The number of hydrogen-bond acceptors (Lipinski definition) is 5. The second kappa shape index (κ2) is 8.02. The van der Waals surface area contributed by atoms with E-state index in [0.29, 0.717) is 11.2 Å². The van der Waals surface area contributed by atoms with Gasteiger partial charge in [-0.15, -0.1) is 0 Å². The van der Waals surface area contributed by atoms with Gasteiger partial charge >= 0.3 is 0 Å². The van der Waals surface area contributed by atoms with Gasteiger partial charge in [-0.25, -0.2) is 9.67 Å². The van der Waals surface area contributed by atoms with Crippen molar-refractivity contribution in [2.75, 3.05) is 0 Å². The van der Waals surface area contributed by atoms with Gasteiger partial charge in [-0.05, 0) is 24.1 Å². The minimum absolute atomic E-state index is 0.0342. The van der Waals surface area contributed by atoms with Crippen molar-refractivity contribution >= 4 is 33.6 Å². The molecule has 9 heteroatoms. The van der Waals surface area contributed by atoms with E-state index in [0.717, 1.165) is 15.7 Å². The Morgan fingerprint density at radius 1 is 1.10 bits per heavy atom. The number of imidazole rings is 1. The normalized spacial score (nSPS) is 12.4. The summed E-state index contributed by atoms with van der Waals surface area (Å²) >= 11 is 0. The third kappa shape index (κ3) is 3.89. The van der Waals surface area contributed by atoms with Crippen LogP contribution in [0.25, 0.3) is 21.8 Å². The Hall–Kier alpha value is -4.01. The smallest absolute Gasteiger partial charge is 0.275 e. The zero-order chi connectivity index (χ0) is 22.1. The predicted molar refractivity (Wildman–Crippen MR) is 116 cm³/mol. The van der Waals surface area contributed by atoms with Crippen LogP contribution in [0.4, 0.5) is 0 Å². The van der Waals surface area contributed by atoms with Crippen LogP contribution in [0.3, 0.4) is 0 Å². The molecule has 158 valence electrons. The molecule has 4 rings (SSSR count). The summed E-state index contributed by atoms with van der Waals surface area (Å²) < 4.78 is 0.966. The van der Waals surface area contributed by atoms with Crippen LogP contribution in [0.5, 0.6) is 0 Å². The fourth-order valence-corrected chi connectivity index (χ4v) is 3.55. The summed E-state index contributed by atoms with van der Waals surface area (Å²) in [5, 5.41) is 7.60. The Morgan fingerprint density at radius 3 is 2.45 bits per heavy atom. The van der Waals surface area contributed by atoms with Crippen molar-refractivity contribution in [2.45, 2.75) is 26.4 Å². The molecule has 1 atom stereocenters. The van der Waals surface area contributed by atoms with Crippen LogP contribution in [0.2, 0.25) is 0 Å². The Labute approximate surface area is 177 Å². The van der Waals surface area contributed by atoms with E-state index < -0.39 is 23.4 Å². The minimum Gasteiger partial charge on any atom is -0.364 e. The summed E-state index contributed by atoms with van der Waals surface area (Å²) in [7, 11) is 0. The summed E-state index contributed by atoms with van der Waals surface area (Å²) in [6, 6.07) is 13.7. The van der Waals surface area contributed by atoms with Gasteiger partial charge in [-0.2, -0.15) is 5.10 Å². The molecule has 2 amide bonds. The number of para-hydroxylation sites is 2. The Balaban J connectivity index is 1.64. The highest BCUT2D eigenvalue weighted by molar-refractivity contribution is 6.04. The third-order valence-corrected chi connectivity index (χ3v) is 5.08. The van der Waals surface area contributed by atoms with Crippen molar-refractivity contribution < 1.29 is 9.59 Å². The number of carbonyl (C=O) groups is 2. The number of aromatic amines is 1. The number of rotatable bonds is 6.